The van der Waals surface area contributed by atoms with Crippen LogP contribution in [-0.2, 0) is 12.4 Å². The molecular weight excluding hydrogens is 343 g/mol. The maximum Gasteiger partial charge on any atom is 0.416 e. The Balaban J connectivity index is 0.00000441. The molecule has 0 amide bonds. The van der Waals surface area contributed by atoms with Crippen molar-refractivity contribution in [1.82, 2.24) is 0 Å². The van der Waals surface area contributed by atoms with Crippen molar-refractivity contribution in [3.05, 3.63) is 34.6 Å². The van der Waals surface area contributed by atoms with Gasteiger partial charge >= 0.3 is 12.4 Å². The van der Waals surface area contributed by atoms with Gasteiger partial charge in [0.1, 0.15) is 5.82 Å². The average Bonchev–Trinajstić information content (AvgIpc) is 2.32. The number of aliphatic hydroxyl groups excluding tert-OH is 1. The Morgan fingerprint density at radius 1 is 1.05 bits per heavy atom. The van der Waals surface area contributed by atoms with Crippen LogP contribution in [0.1, 0.15) is 35.6 Å². The second-order valence-corrected chi connectivity index (χ2v) is 4.39. The van der Waals surface area contributed by atoms with Gasteiger partial charge in [-0.25, -0.2) is 4.39 Å². The molecule has 22 heavy (non-hydrogen) atoms. The molecule has 0 heterocycles. The van der Waals surface area contributed by atoms with Crippen LogP contribution in [0.5, 0.6) is 0 Å². The zero-order valence-electron chi connectivity index (χ0n) is 10.9. The van der Waals surface area contributed by atoms with Crippen LogP contribution < -0.4 is 5.73 Å². The third kappa shape index (κ3) is 4.99. The van der Waals surface area contributed by atoms with E-state index in [1.54, 1.807) is 0 Å². The van der Waals surface area contributed by atoms with Crippen molar-refractivity contribution in [2.75, 3.05) is 6.61 Å². The van der Waals surface area contributed by atoms with Crippen molar-refractivity contribution in [3.8, 4) is 0 Å². The van der Waals surface area contributed by atoms with E-state index in [1.807, 2.05) is 0 Å². The highest BCUT2D eigenvalue weighted by atomic mass is 35.5. The molecule has 0 aliphatic carbocycles. The third-order valence-electron chi connectivity index (χ3n) is 2.81. The van der Waals surface area contributed by atoms with E-state index in [2.05, 4.69) is 0 Å². The number of nitrogens with two attached hydrogens (primary N) is 1. The molecule has 1 aromatic carbocycles. The third-order valence-corrected chi connectivity index (χ3v) is 2.81. The molecule has 1 rings (SSSR count). The topological polar surface area (TPSA) is 46.2 Å². The van der Waals surface area contributed by atoms with Gasteiger partial charge in [-0.3, -0.25) is 0 Å². The fourth-order valence-corrected chi connectivity index (χ4v) is 1.85. The smallest absolute Gasteiger partial charge is 0.396 e. The molecule has 0 aliphatic rings. The van der Waals surface area contributed by atoms with Crippen LogP contribution in [0.15, 0.2) is 12.1 Å². The van der Waals surface area contributed by atoms with Gasteiger partial charge in [0.25, 0.3) is 0 Å². The molecule has 0 unspecified atom stereocenters. The van der Waals surface area contributed by atoms with Crippen LogP contribution >= 0.6 is 12.4 Å². The monoisotopic (exact) mass is 355 g/mol. The van der Waals surface area contributed by atoms with E-state index in [-0.39, 0.29) is 44.0 Å². The maximum absolute atomic E-state index is 13.7. The van der Waals surface area contributed by atoms with Gasteiger partial charge in [0.15, 0.2) is 0 Å². The van der Waals surface area contributed by atoms with Gasteiger partial charge in [-0.1, -0.05) is 0 Å². The van der Waals surface area contributed by atoms with Crippen LogP contribution in [0.2, 0.25) is 0 Å². The maximum atomic E-state index is 13.7. The van der Waals surface area contributed by atoms with Gasteiger partial charge in [-0.2, -0.15) is 26.3 Å². The van der Waals surface area contributed by atoms with Gasteiger partial charge in [0.2, 0.25) is 0 Å². The van der Waals surface area contributed by atoms with Crippen molar-refractivity contribution in [3.63, 3.8) is 0 Å². The van der Waals surface area contributed by atoms with Gasteiger partial charge in [-0.05, 0) is 25.0 Å². The number of aliphatic hydroxyl groups is 1. The van der Waals surface area contributed by atoms with E-state index in [1.165, 1.54) is 0 Å². The molecule has 0 radical (unpaired) electrons. The summed E-state index contributed by atoms with van der Waals surface area (Å²) in [5.41, 5.74) is 0.901. The Labute approximate surface area is 127 Å². The summed E-state index contributed by atoms with van der Waals surface area (Å²) >= 11 is 0. The van der Waals surface area contributed by atoms with Gasteiger partial charge in [-0.15, -0.1) is 12.4 Å². The lowest BCUT2D eigenvalue weighted by Gasteiger charge is -2.21. The molecule has 3 N–H and O–H groups in total. The van der Waals surface area contributed by atoms with Crippen LogP contribution in [0.3, 0.4) is 0 Å². The summed E-state index contributed by atoms with van der Waals surface area (Å²) in [7, 11) is 0. The highest BCUT2D eigenvalue weighted by molar-refractivity contribution is 5.85. The minimum absolute atomic E-state index is 0. The zero-order chi connectivity index (χ0) is 16.4. The zero-order valence-corrected chi connectivity index (χ0v) is 11.7. The quantitative estimate of drug-likeness (QED) is 0.800. The number of halogens is 8. The largest absolute Gasteiger partial charge is 0.416 e. The standard InChI is InChI=1S/C12H12F7NO.ClH/c13-8-5-6(11(14,15)16)4-7(12(17,18)19)10(8)9(20)2-1-3-21;/h4-5,9,21H,1-3,20H2;1H/t9-;/m1./s1. The molecule has 2 nitrogen and oxygen atoms in total. The molecule has 0 aliphatic heterocycles. The highest BCUT2D eigenvalue weighted by Gasteiger charge is 2.40. The summed E-state index contributed by atoms with van der Waals surface area (Å²) < 4.78 is 89.6. The summed E-state index contributed by atoms with van der Waals surface area (Å²) in [5.74, 6) is -1.66. The van der Waals surface area contributed by atoms with E-state index in [4.69, 9.17) is 10.8 Å². The normalized spacial score (nSPS) is 13.7. The molecule has 0 saturated heterocycles. The summed E-state index contributed by atoms with van der Waals surface area (Å²) in [6.45, 7) is -0.378. The van der Waals surface area contributed by atoms with Gasteiger partial charge in [0, 0.05) is 18.2 Å². The van der Waals surface area contributed by atoms with E-state index in [9.17, 15) is 30.7 Å². The molecule has 1 aromatic rings. The van der Waals surface area contributed by atoms with Crippen LogP contribution in [0.25, 0.3) is 0 Å². The lowest BCUT2D eigenvalue weighted by atomic mass is 9.94. The Hall–Kier alpha value is -1.06. The molecule has 0 fully saturated rings. The summed E-state index contributed by atoms with van der Waals surface area (Å²) in [6, 6.07) is -1.63. The van der Waals surface area contributed by atoms with Gasteiger partial charge in [0.05, 0.1) is 11.1 Å². The Morgan fingerprint density at radius 2 is 1.59 bits per heavy atom. The SMILES string of the molecule is Cl.N[C@H](CCCO)c1c(F)cc(C(F)(F)F)cc1C(F)(F)F. The lowest BCUT2D eigenvalue weighted by molar-refractivity contribution is -0.144. The Kier molecular flexibility index (Phi) is 7.11. The van der Waals surface area contributed by atoms with Crippen molar-refractivity contribution in [2.24, 2.45) is 5.73 Å². The second-order valence-electron chi connectivity index (χ2n) is 4.39. The first-order chi connectivity index (χ1) is 9.48. The molecule has 1 atom stereocenters. The molecule has 0 bridgehead atoms. The van der Waals surface area contributed by atoms with Crippen LogP contribution in [-0.4, -0.2) is 11.7 Å². The molecule has 0 saturated carbocycles. The molecule has 0 aromatic heterocycles. The Bertz CT molecular complexity index is 501. The van der Waals surface area contributed by atoms with E-state index >= 15 is 0 Å². The first-order valence-corrected chi connectivity index (χ1v) is 5.82. The average molecular weight is 356 g/mol. The van der Waals surface area contributed by atoms with E-state index < -0.39 is 40.9 Å². The van der Waals surface area contributed by atoms with E-state index in [0.29, 0.717) is 0 Å². The number of hydrogen-bond donors (Lipinski definition) is 2. The first kappa shape index (κ1) is 20.9. The fourth-order valence-electron chi connectivity index (χ4n) is 1.85. The van der Waals surface area contributed by atoms with Crippen LogP contribution in [0.4, 0.5) is 30.7 Å². The number of hydrogen-bond acceptors (Lipinski definition) is 2. The predicted molar refractivity (Wildman–Crippen MR) is 66.9 cm³/mol. The van der Waals surface area contributed by atoms with Crippen LogP contribution in [0, 0.1) is 5.82 Å². The minimum Gasteiger partial charge on any atom is -0.396 e. The highest BCUT2D eigenvalue weighted by Crippen LogP contribution is 2.40. The predicted octanol–water partition coefficient (Wildman–Crippen LogP) is 4.06. The van der Waals surface area contributed by atoms with Crippen molar-refractivity contribution in [2.45, 2.75) is 31.2 Å². The van der Waals surface area contributed by atoms with Crippen molar-refractivity contribution in [1.29, 1.82) is 0 Å². The molecule has 0 spiro atoms. The fraction of sp³-hybridized carbons (Fsp3) is 0.500. The Morgan fingerprint density at radius 3 is 2.00 bits per heavy atom. The van der Waals surface area contributed by atoms with Crippen molar-refractivity contribution >= 4 is 12.4 Å². The summed E-state index contributed by atoms with van der Waals surface area (Å²) in [4.78, 5) is 0. The second kappa shape index (κ2) is 7.47. The minimum atomic E-state index is -5.17. The number of benzene rings is 1. The lowest BCUT2D eigenvalue weighted by Crippen LogP contribution is -2.21. The number of rotatable bonds is 4. The molecule has 128 valence electrons. The summed E-state index contributed by atoms with van der Waals surface area (Å²) in [5, 5.41) is 8.59. The van der Waals surface area contributed by atoms with E-state index in [0.717, 1.165) is 0 Å². The van der Waals surface area contributed by atoms with Crippen molar-refractivity contribution < 1.29 is 35.8 Å². The number of alkyl halides is 6. The van der Waals surface area contributed by atoms with Gasteiger partial charge < -0.3 is 10.8 Å². The first-order valence-electron chi connectivity index (χ1n) is 5.82. The molecular formula is C12H13ClF7NO. The summed E-state index contributed by atoms with van der Waals surface area (Å²) in [6.07, 6.45) is -10.5. The molecule has 10 heteroatoms.